The van der Waals surface area contributed by atoms with Gasteiger partial charge in [-0.05, 0) is 37.8 Å². The van der Waals surface area contributed by atoms with E-state index in [1.54, 1.807) is 0 Å². The summed E-state index contributed by atoms with van der Waals surface area (Å²) < 4.78 is 0. The van der Waals surface area contributed by atoms with E-state index >= 15 is 0 Å². The van der Waals surface area contributed by atoms with E-state index < -0.39 is 11.9 Å². The standard InChI is InChI=1S/C18H16N2O3S/c1-9-4-2-5-10(8-9)15-19-16(21)14-13-11(18(22)23)6-3-7-12(13)24-17(14)20-15/h2,4-5,8,11H,3,6-7H2,1H3,(H,22,23)(H,19,20,21). The summed E-state index contributed by atoms with van der Waals surface area (Å²) in [4.78, 5) is 33.3. The summed E-state index contributed by atoms with van der Waals surface area (Å²) >= 11 is 1.45. The van der Waals surface area contributed by atoms with E-state index in [2.05, 4.69) is 9.97 Å². The van der Waals surface area contributed by atoms with E-state index in [9.17, 15) is 14.7 Å². The number of nitrogens with one attached hydrogen (secondary N) is 1. The van der Waals surface area contributed by atoms with Gasteiger partial charge in [0.1, 0.15) is 10.7 Å². The zero-order valence-electron chi connectivity index (χ0n) is 13.1. The van der Waals surface area contributed by atoms with Gasteiger partial charge in [-0.15, -0.1) is 11.3 Å². The second-order valence-corrected chi connectivity index (χ2v) is 7.27. The molecule has 1 aliphatic rings. The Labute approximate surface area is 142 Å². The maximum Gasteiger partial charge on any atom is 0.311 e. The molecule has 0 bridgehead atoms. The van der Waals surface area contributed by atoms with Gasteiger partial charge in [0.15, 0.2) is 0 Å². The van der Waals surface area contributed by atoms with Crippen molar-refractivity contribution in [3.63, 3.8) is 0 Å². The normalized spacial score (nSPS) is 17.0. The Morgan fingerprint density at radius 1 is 1.42 bits per heavy atom. The largest absolute Gasteiger partial charge is 0.481 e. The minimum Gasteiger partial charge on any atom is -0.481 e. The van der Waals surface area contributed by atoms with Crippen LogP contribution >= 0.6 is 11.3 Å². The molecular formula is C18H16N2O3S. The van der Waals surface area contributed by atoms with E-state index in [1.807, 2.05) is 31.2 Å². The fourth-order valence-corrected chi connectivity index (χ4v) is 4.69. The number of nitrogens with zero attached hydrogens (tertiary/aromatic N) is 1. The molecule has 0 saturated heterocycles. The number of hydrogen-bond acceptors (Lipinski definition) is 4. The molecule has 0 radical (unpaired) electrons. The highest BCUT2D eigenvalue weighted by Gasteiger charge is 2.31. The molecule has 0 fully saturated rings. The molecule has 0 spiro atoms. The highest BCUT2D eigenvalue weighted by Crippen LogP contribution is 2.40. The topological polar surface area (TPSA) is 83.0 Å². The highest BCUT2D eigenvalue weighted by atomic mass is 32.1. The summed E-state index contributed by atoms with van der Waals surface area (Å²) in [5, 5.41) is 9.95. The Balaban J connectivity index is 1.96. The van der Waals surface area contributed by atoms with Crippen molar-refractivity contribution in [2.75, 3.05) is 0 Å². The zero-order chi connectivity index (χ0) is 16.8. The molecule has 6 heteroatoms. The first-order valence-corrected chi connectivity index (χ1v) is 8.71. The van der Waals surface area contributed by atoms with Crippen LogP contribution in [-0.2, 0) is 11.2 Å². The Morgan fingerprint density at radius 2 is 2.25 bits per heavy atom. The van der Waals surface area contributed by atoms with Crippen LogP contribution < -0.4 is 5.56 Å². The number of benzene rings is 1. The van der Waals surface area contributed by atoms with E-state index in [-0.39, 0.29) is 5.56 Å². The third-order valence-electron chi connectivity index (χ3n) is 4.51. The number of aromatic amines is 1. The molecule has 1 aromatic carbocycles. The van der Waals surface area contributed by atoms with E-state index in [0.717, 1.165) is 28.8 Å². The lowest BCUT2D eigenvalue weighted by Gasteiger charge is -2.18. The summed E-state index contributed by atoms with van der Waals surface area (Å²) in [5.41, 5.74) is 2.38. The van der Waals surface area contributed by atoms with Crippen LogP contribution in [0, 0.1) is 6.92 Å². The number of aromatic nitrogens is 2. The number of carboxylic acids is 1. The lowest BCUT2D eigenvalue weighted by Crippen LogP contribution is -2.19. The minimum absolute atomic E-state index is 0.248. The third kappa shape index (κ3) is 2.34. The summed E-state index contributed by atoms with van der Waals surface area (Å²) in [6, 6.07) is 7.79. The van der Waals surface area contributed by atoms with Crippen molar-refractivity contribution >= 4 is 27.5 Å². The average Bonchev–Trinajstić information content (AvgIpc) is 2.93. The number of carbonyl (C=O) groups is 1. The Kier molecular flexibility index (Phi) is 3.49. The van der Waals surface area contributed by atoms with Gasteiger partial charge >= 0.3 is 5.97 Å². The molecule has 4 rings (SSSR count). The maximum absolute atomic E-state index is 12.7. The number of fused-ring (bicyclic) bond motifs is 3. The van der Waals surface area contributed by atoms with Crippen molar-refractivity contribution in [1.29, 1.82) is 0 Å². The van der Waals surface area contributed by atoms with Gasteiger partial charge in [-0.1, -0.05) is 23.8 Å². The van der Waals surface area contributed by atoms with Crippen LogP contribution in [0.15, 0.2) is 29.1 Å². The van der Waals surface area contributed by atoms with Gasteiger partial charge in [0.25, 0.3) is 5.56 Å². The minimum atomic E-state index is -0.863. The van der Waals surface area contributed by atoms with Gasteiger partial charge in [-0.2, -0.15) is 0 Å². The summed E-state index contributed by atoms with van der Waals surface area (Å²) in [5.74, 6) is -0.935. The molecule has 1 atom stereocenters. The molecule has 5 nitrogen and oxygen atoms in total. The van der Waals surface area contributed by atoms with Gasteiger partial charge in [-0.3, -0.25) is 9.59 Å². The van der Waals surface area contributed by atoms with Crippen molar-refractivity contribution in [3.8, 4) is 11.4 Å². The van der Waals surface area contributed by atoms with Crippen LogP contribution in [-0.4, -0.2) is 21.0 Å². The molecule has 0 aliphatic heterocycles. The number of rotatable bonds is 2. The third-order valence-corrected chi connectivity index (χ3v) is 5.67. The number of hydrogen-bond donors (Lipinski definition) is 2. The van der Waals surface area contributed by atoms with E-state index in [1.165, 1.54) is 11.3 Å². The number of carboxylic acid groups (broad SMARTS) is 1. The first-order valence-electron chi connectivity index (χ1n) is 7.90. The molecule has 3 aromatic rings. The Morgan fingerprint density at radius 3 is 3.00 bits per heavy atom. The van der Waals surface area contributed by atoms with E-state index in [4.69, 9.17) is 0 Å². The lowest BCUT2D eigenvalue weighted by molar-refractivity contribution is -0.139. The van der Waals surface area contributed by atoms with Gasteiger partial charge in [0.2, 0.25) is 0 Å². The number of thiophene rings is 1. The maximum atomic E-state index is 12.7. The smallest absolute Gasteiger partial charge is 0.311 e. The Hall–Kier alpha value is -2.47. The first kappa shape index (κ1) is 15.1. The van der Waals surface area contributed by atoms with Crippen LogP contribution in [0.1, 0.15) is 34.8 Å². The van der Waals surface area contributed by atoms with Gasteiger partial charge in [-0.25, -0.2) is 4.98 Å². The van der Waals surface area contributed by atoms with Gasteiger partial charge in [0, 0.05) is 10.4 Å². The van der Waals surface area contributed by atoms with Gasteiger partial charge < -0.3 is 10.1 Å². The molecule has 2 heterocycles. The Bertz CT molecular complexity index is 1020. The highest BCUT2D eigenvalue weighted by molar-refractivity contribution is 7.18. The fraction of sp³-hybridized carbons (Fsp3) is 0.278. The van der Waals surface area contributed by atoms with Crippen LogP contribution in [0.4, 0.5) is 0 Å². The van der Waals surface area contributed by atoms with Crippen molar-refractivity contribution in [3.05, 3.63) is 50.6 Å². The van der Waals surface area contributed by atoms with Gasteiger partial charge in [0.05, 0.1) is 11.3 Å². The van der Waals surface area contributed by atoms with Crippen LogP contribution in [0.3, 0.4) is 0 Å². The monoisotopic (exact) mass is 340 g/mol. The lowest BCUT2D eigenvalue weighted by atomic mass is 9.86. The van der Waals surface area contributed by atoms with Crippen molar-refractivity contribution in [1.82, 2.24) is 9.97 Å². The average molecular weight is 340 g/mol. The molecule has 1 aliphatic carbocycles. The van der Waals surface area contributed by atoms with Crippen LogP contribution in [0.2, 0.25) is 0 Å². The number of aliphatic carboxylic acids is 1. The summed E-state index contributed by atoms with van der Waals surface area (Å²) in [6.45, 7) is 1.99. The van der Waals surface area contributed by atoms with Crippen molar-refractivity contribution in [2.24, 2.45) is 0 Å². The quantitative estimate of drug-likeness (QED) is 0.748. The number of H-pyrrole nitrogens is 1. The molecule has 0 amide bonds. The molecule has 1 unspecified atom stereocenters. The van der Waals surface area contributed by atoms with E-state index in [0.29, 0.717) is 28.0 Å². The molecule has 2 aromatic heterocycles. The van der Waals surface area contributed by atoms with Crippen molar-refractivity contribution < 1.29 is 9.90 Å². The summed E-state index contributed by atoms with van der Waals surface area (Å²) in [6.07, 6.45) is 2.23. The predicted molar refractivity (Wildman–Crippen MR) is 93.7 cm³/mol. The predicted octanol–water partition coefficient (Wildman–Crippen LogP) is 3.46. The number of aryl methyl sites for hydroxylation is 2. The van der Waals surface area contributed by atoms with Crippen molar-refractivity contribution in [2.45, 2.75) is 32.1 Å². The second kappa shape index (κ2) is 5.56. The fourth-order valence-electron chi connectivity index (χ4n) is 3.42. The summed E-state index contributed by atoms with van der Waals surface area (Å²) in [7, 11) is 0. The first-order chi connectivity index (χ1) is 11.5. The zero-order valence-corrected chi connectivity index (χ0v) is 13.9. The molecule has 2 N–H and O–H groups in total. The molecule has 0 saturated carbocycles. The van der Waals surface area contributed by atoms with Crippen LogP contribution in [0.25, 0.3) is 21.6 Å². The van der Waals surface area contributed by atoms with Crippen LogP contribution in [0.5, 0.6) is 0 Å². The molecule has 24 heavy (non-hydrogen) atoms. The molecule has 122 valence electrons. The molecular weight excluding hydrogens is 324 g/mol. The second-order valence-electron chi connectivity index (χ2n) is 6.19. The SMILES string of the molecule is Cc1cccc(-c2nc3sc4c(c3c(=O)[nH]2)C(C(=O)O)CCC4)c1.